The zero-order chi connectivity index (χ0) is 8.01. The van der Waals surface area contributed by atoms with Crippen LogP contribution in [0, 0.1) is 17.8 Å². The Morgan fingerprint density at radius 1 is 1.45 bits per heavy atom. The zero-order valence-electron chi connectivity index (χ0n) is 7.13. The third-order valence-electron chi connectivity index (χ3n) is 2.95. The molecule has 0 aromatic heterocycles. The second kappa shape index (κ2) is 2.23. The highest BCUT2D eigenvalue weighted by Gasteiger charge is 2.48. The van der Waals surface area contributed by atoms with E-state index in [1.165, 1.54) is 6.42 Å². The predicted molar refractivity (Wildman–Crippen MR) is 43.0 cm³/mol. The number of rotatable bonds is 1. The van der Waals surface area contributed by atoms with Gasteiger partial charge < -0.3 is 5.32 Å². The SMILES string of the molecule is CC(C)C1CC2CC2C(=O)N1. The van der Waals surface area contributed by atoms with Crippen molar-refractivity contribution < 1.29 is 4.79 Å². The van der Waals surface area contributed by atoms with E-state index in [-0.39, 0.29) is 0 Å². The molecule has 1 aliphatic heterocycles. The number of hydrogen-bond donors (Lipinski definition) is 1. The van der Waals surface area contributed by atoms with Crippen molar-refractivity contribution in [1.29, 1.82) is 0 Å². The normalized spacial score (nSPS) is 41.7. The molecule has 2 fully saturated rings. The maximum atomic E-state index is 11.2. The van der Waals surface area contributed by atoms with Gasteiger partial charge in [0.05, 0.1) is 0 Å². The predicted octanol–water partition coefficient (Wildman–Crippen LogP) is 1.17. The Kier molecular flexibility index (Phi) is 1.44. The van der Waals surface area contributed by atoms with E-state index in [0.717, 1.165) is 12.3 Å². The van der Waals surface area contributed by atoms with E-state index in [0.29, 0.717) is 23.8 Å². The van der Waals surface area contributed by atoms with Crippen LogP contribution >= 0.6 is 0 Å². The fourth-order valence-electron chi connectivity index (χ4n) is 1.94. The molecule has 1 saturated heterocycles. The number of fused-ring (bicyclic) bond motifs is 1. The molecule has 0 bridgehead atoms. The summed E-state index contributed by atoms with van der Waals surface area (Å²) in [6.45, 7) is 4.35. The molecule has 1 saturated carbocycles. The van der Waals surface area contributed by atoms with Gasteiger partial charge in [0.15, 0.2) is 0 Å². The quantitative estimate of drug-likeness (QED) is 0.602. The molecule has 1 N–H and O–H groups in total. The highest BCUT2D eigenvalue weighted by Crippen LogP contribution is 2.45. The van der Waals surface area contributed by atoms with Gasteiger partial charge in [-0.2, -0.15) is 0 Å². The van der Waals surface area contributed by atoms with Crippen molar-refractivity contribution in [2.24, 2.45) is 17.8 Å². The molecule has 11 heavy (non-hydrogen) atoms. The van der Waals surface area contributed by atoms with Gasteiger partial charge in [0.2, 0.25) is 5.91 Å². The Hall–Kier alpha value is -0.530. The second-order valence-corrected chi connectivity index (χ2v) is 4.20. The molecule has 3 unspecified atom stereocenters. The van der Waals surface area contributed by atoms with Crippen molar-refractivity contribution in [1.82, 2.24) is 5.32 Å². The van der Waals surface area contributed by atoms with Crippen LogP contribution in [0.3, 0.4) is 0 Å². The third-order valence-corrected chi connectivity index (χ3v) is 2.95. The van der Waals surface area contributed by atoms with E-state index in [2.05, 4.69) is 19.2 Å². The molecule has 2 nitrogen and oxygen atoms in total. The molecule has 0 spiro atoms. The van der Waals surface area contributed by atoms with Gasteiger partial charge in [-0.05, 0) is 24.7 Å². The summed E-state index contributed by atoms with van der Waals surface area (Å²) in [4.78, 5) is 11.2. The van der Waals surface area contributed by atoms with Gasteiger partial charge >= 0.3 is 0 Å². The van der Waals surface area contributed by atoms with Crippen molar-refractivity contribution >= 4 is 5.91 Å². The summed E-state index contributed by atoms with van der Waals surface area (Å²) in [5.74, 6) is 2.03. The number of carbonyl (C=O) groups excluding carboxylic acids is 1. The lowest BCUT2D eigenvalue weighted by molar-refractivity contribution is -0.125. The van der Waals surface area contributed by atoms with Gasteiger partial charge in [-0.15, -0.1) is 0 Å². The van der Waals surface area contributed by atoms with E-state index in [1.54, 1.807) is 0 Å². The Morgan fingerprint density at radius 2 is 2.18 bits per heavy atom. The first kappa shape index (κ1) is 7.14. The lowest BCUT2D eigenvalue weighted by Gasteiger charge is -2.25. The van der Waals surface area contributed by atoms with Crippen LogP contribution in [0.5, 0.6) is 0 Å². The highest BCUT2D eigenvalue weighted by atomic mass is 16.2. The lowest BCUT2D eigenvalue weighted by Crippen LogP contribution is -2.43. The minimum absolute atomic E-state index is 0.306. The summed E-state index contributed by atoms with van der Waals surface area (Å²) in [5, 5.41) is 3.07. The molecule has 1 heterocycles. The van der Waals surface area contributed by atoms with E-state index in [9.17, 15) is 4.79 Å². The first-order valence-electron chi connectivity index (χ1n) is 4.49. The third kappa shape index (κ3) is 1.15. The summed E-state index contributed by atoms with van der Waals surface area (Å²) in [5.41, 5.74) is 0. The molecule has 62 valence electrons. The van der Waals surface area contributed by atoms with Gasteiger partial charge in [0, 0.05) is 12.0 Å². The summed E-state index contributed by atoms with van der Waals surface area (Å²) < 4.78 is 0. The molecule has 3 atom stereocenters. The van der Waals surface area contributed by atoms with Crippen LogP contribution in [0.25, 0.3) is 0 Å². The molecule has 0 aromatic carbocycles. The van der Waals surface area contributed by atoms with Crippen molar-refractivity contribution in [3.05, 3.63) is 0 Å². The van der Waals surface area contributed by atoms with Crippen LogP contribution in [0.4, 0.5) is 0 Å². The maximum Gasteiger partial charge on any atom is 0.223 e. The molecule has 2 rings (SSSR count). The Morgan fingerprint density at radius 3 is 2.73 bits per heavy atom. The average Bonchev–Trinajstić information content (AvgIpc) is 2.66. The van der Waals surface area contributed by atoms with Crippen LogP contribution in [-0.2, 0) is 4.79 Å². The average molecular weight is 153 g/mol. The number of nitrogens with one attached hydrogen (secondary N) is 1. The molecular formula is C9H15NO. The monoisotopic (exact) mass is 153 g/mol. The summed E-state index contributed by atoms with van der Waals surface area (Å²) in [6.07, 6.45) is 2.36. The molecule has 1 amide bonds. The smallest absolute Gasteiger partial charge is 0.223 e. The van der Waals surface area contributed by atoms with Crippen molar-refractivity contribution in [2.45, 2.75) is 32.7 Å². The Balaban J connectivity index is 2.00. The summed E-state index contributed by atoms with van der Waals surface area (Å²) >= 11 is 0. The van der Waals surface area contributed by atoms with Crippen LogP contribution in [-0.4, -0.2) is 11.9 Å². The molecular weight excluding hydrogens is 138 g/mol. The minimum atomic E-state index is 0.306. The van der Waals surface area contributed by atoms with Crippen LogP contribution in [0.15, 0.2) is 0 Å². The molecule has 2 heteroatoms. The van der Waals surface area contributed by atoms with E-state index in [1.807, 2.05) is 0 Å². The van der Waals surface area contributed by atoms with E-state index in [4.69, 9.17) is 0 Å². The first-order valence-corrected chi connectivity index (χ1v) is 4.49. The second-order valence-electron chi connectivity index (χ2n) is 4.20. The lowest BCUT2D eigenvalue weighted by atomic mass is 9.95. The fourth-order valence-corrected chi connectivity index (χ4v) is 1.94. The van der Waals surface area contributed by atoms with Crippen LogP contribution < -0.4 is 5.32 Å². The molecule has 1 aliphatic carbocycles. The number of hydrogen-bond acceptors (Lipinski definition) is 1. The number of carbonyl (C=O) groups is 1. The fraction of sp³-hybridized carbons (Fsp3) is 0.889. The maximum absolute atomic E-state index is 11.2. The minimum Gasteiger partial charge on any atom is -0.353 e. The van der Waals surface area contributed by atoms with Gasteiger partial charge in [-0.25, -0.2) is 0 Å². The Bertz CT molecular complexity index is 188. The van der Waals surface area contributed by atoms with Crippen molar-refractivity contribution in [3.63, 3.8) is 0 Å². The van der Waals surface area contributed by atoms with Gasteiger partial charge in [0.1, 0.15) is 0 Å². The molecule has 0 aromatic rings. The van der Waals surface area contributed by atoms with Crippen molar-refractivity contribution in [2.75, 3.05) is 0 Å². The topological polar surface area (TPSA) is 29.1 Å². The number of piperidine rings is 1. The first-order chi connectivity index (χ1) is 5.18. The standard InChI is InChI=1S/C9H15NO/c1-5(2)8-4-6-3-7(6)9(11)10-8/h5-8H,3-4H2,1-2H3,(H,10,11). The highest BCUT2D eigenvalue weighted by molar-refractivity contribution is 5.82. The number of amides is 1. The van der Waals surface area contributed by atoms with E-state index < -0.39 is 0 Å². The largest absolute Gasteiger partial charge is 0.353 e. The van der Waals surface area contributed by atoms with Gasteiger partial charge in [-0.3, -0.25) is 4.79 Å². The van der Waals surface area contributed by atoms with Crippen molar-refractivity contribution in [3.8, 4) is 0 Å². The summed E-state index contributed by atoms with van der Waals surface area (Å²) in [6, 6.07) is 0.450. The van der Waals surface area contributed by atoms with Crippen LogP contribution in [0.1, 0.15) is 26.7 Å². The van der Waals surface area contributed by atoms with Gasteiger partial charge in [-0.1, -0.05) is 13.8 Å². The molecule has 0 radical (unpaired) electrons. The molecule has 2 aliphatic rings. The summed E-state index contributed by atoms with van der Waals surface area (Å²) in [7, 11) is 0. The van der Waals surface area contributed by atoms with E-state index >= 15 is 0 Å². The van der Waals surface area contributed by atoms with Crippen LogP contribution in [0.2, 0.25) is 0 Å². The van der Waals surface area contributed by atoms with Gasteiger partial charge in [0.25, 0.3) is 0 Å². The Labute approximate surface area is 67.4 Å². The zero-order valence-corrected chi connectivity index (χ0v) is 7.13.